The molecule has 0 amide bonds. The van der Waals surface area contributed by atoms with Crippen LogP contribution in [0.15, 0.2) is 36.4 Å². The zero-order chi connectivity index (χ0) is 18.0. The lowest BCUT2D eigenvalue weighted by Crippen LogP contribution is -2.16. The van der Waals surface area contributed by atoms with Gasteiger partial charge in [-0.2, -0.15) is 0 Å². The minimum Gasteiger partial charge on any atom is -0.494 e. The highest BCUT2D eigenvalue weighted by molar-refractivity contribution is 5.92. The lowest BCUT2D eigenvalue weighted by Gasteiger charge is -2.21. The van der Waals surface area contributed by atoms with Crippen molar-refractivity contribution < 1.29 is 13.5 Å². The summed E-state index contributed by atoms with van der Waals surface area (Å²) in [5.74, 6) is 0.0662. The van der Waals surface area contributed by atoms with Gasteiger partial charge in [0.2, 0.25) is 0 Å². The van der Waals surface area contributed by atoms with E-state index in [1.807, 2.05) is 6.92 Å². The molecule has 3 aromatic rings. The van der Waals surface area contributed by atoms with Crippen LogP contribution in [0, 0.1) is 11.6 Å². The van der Waals surface area contributed by atoms with Gasteiger partial charge >= 0.3 is 0 Å². The fourth-order valence-corrected chi connectivity index (χ4v) is 2.63. The highest BCUT2D eigenvalue weighted by Gasteiger charge is 2.18. The number of benzene rings is 2. The van der Waals surface area contributed by atoms with E-state index >= 15 is 0 Å². The fourth-order valence-electron chi connectivity index (χ4n) is 2.63. The largest absolute Gasteiger partial charge is 0.494 e. The van der Waals surface area contributed by atoms with Crippen molar-refractivity contribution in [3.63, 3.8) is 0 Å². The van der Waals surface area contributed by atoms with E-state index in [-0.39, 0.29) is 23.4 Å². The quantitative estimate of drug-likeness (QED) is 0.767. The standard InChI is InChI=1S/C18H18F2N4O/c1-3-25-11-7-8-15(13(20)9-11)24(2)18-17-12(19)5-4-6-14(17)22-16(10-21)23-18/h4-9H,3,10,21H2,1-2H3. The van der Waals surface area contributed by atoms with E-state index in [9.17, 15) is 8.78 Å². The number of anilines is 2. The number of aromatic nitrogens is 2. The molecule has 0 aliphatic rings. The number of nitrogens with zero attached hydrogens (tertiary/aromatic N) is 3. The van der Waals surface area contributed by atoms with Crippen LogP contribution in [0.4, 0.5) is 20.3 Å². The first kappa shape index (κ1) is 17.0. The highest BCUT2D eigenvalue weighted by atomic mass is 19.1. The topological polar surface area (TPSA) is 64.3 Å². The molecule has 0 spiro atoms. The van der Waals surface area contributed by atoms with E-state index in [0.717, 1.165) is 0 Å². The van der Waals surface area contributed by atoms with Crippen molar-refractivity contribution in [2.75, 3.05) is 18.6 Å². The summed E-state index contributed by atoms with van der Waals surface area (Å²) in [6.07, 6.45) is 0. The van der Waals surface area contributed by atoms with Crippen LogP contribution in [-0.4, -0.2) is 23.6 Å². The van der Waals surface area contributed by atoms with E-state index in [0.29, 0.717) is 23.7 Å². The molecule has 2 aromatic carbocycles. The molecule has 1 heterocycles. The Morgan fingerprint density at radius 2 is 1.92 bits per heavy atom. The number of hydrogen-bond donors (Lipinski definition) is 1. The van der Waals surface area contributed by atoms with Crippen molar-refractivity contribution in [3.05, 3.63) is 53.9 Å². The molecule has 0 fully saturated rings. The Morgan fingerprint density at radius 3 is 2.60 bits per heavy atom. The van der Waals surface area contributed by atoms with E-state index < -0.39 is 11.6 Å². The second kappa shape index (κ2) is 6.98. The Kier molecular flexibility index (Phi) is 4.76. The first-order valence-corrected chi connectivity index (χ1v) is 7.86. The van der Waals surface area contributed by atoms with Gasteiger partial charge in [0, 0.05) is 13.1 Å². The van der Waals surface area contributed by atoms with Gasteiger partial charge in [-0.25, -0.2) is 18.7 Å². The van der Waals surface area contributed by atoms with Gasteiger partial charge in [0.15, 0.2) is 5.82 Å². The Morgan fingerprint density at radius 1 is 1.12 bits per heavy atom. The van der Waals surface area contributed by atoms with E-state index in [1.54, 1.807) is 31.3 Å². The number of ether oxygens (including phenoxy) is 1. The van der Waals surface area contributed by atoms with Crippen LogP contribution in [0.3, 0.4) is 0 Å². The summed E-state index contributed by atoms with van der Waals surface area (Å²) in [5, 5.41) is 0.218. The lowest BCUT2D eigenvalue weighted by molar-refractivity contribution is 0.338. The maximum Gasteiger partial charge on any atom is 0.150 e. The molecule has 0 aliphatic heterocycles. The van der Waals surface area contributed by atoms with Gasteiger partial charge in [-0.3, -0.25) is 0 Å². The molecule has 25 heavy (non-hydrogen) atoms. The van der Waals surface area contributed by atoms with Crippen LogP contribution in [0.5, 0.6) is 5.75 Å². The van der Waals surface area contributed by atoms with Crippen LogP contribution in [-0.2, 0) is 6.54 Å². The van der Waals surface area contributed by atoms with Gasteiger partial charge in [-0.1, -0.05) is 6.07 Å². The fraction of sp³-hybridized carbons (Fsp3) is 0.222. The zero-order valence-corrected chi connectivity index (χ0v) is 14.0. The van der Waals surface area contributed by atoms with E-state index in [2.05, 4.69) is 9.97 Å². The van der Waals surface area contributed by atoms with Gasteiger partial charge in [-0.05, 0) is 31.2 Å². The summed E-state index contributed by atoms with van der Waals surface area (Å²) in [5.41, 5.74) is 6.31. The first-order valence-electron chi connectivity index (χ1n) is 7.86. The molecule has 0 radical (unpaired) electrons. The second-order valence-corrected chi connectivity index (χ2v) is 5.41. The van der Waals surface area contributed by atoms with Crippen LogP contribution < -0.4 is 15.4 Å². The summed E-state index contributed by atoms with van der Waals surface area (Å²) >= 11 is 0. The molecule has 0 bridgehead atoms. The van der Waals surface area contributed by atoms with Crippen molar-refractivity contribution in [1.82, 2.24) is 9.97 Å². The molecule has 1 aromatic heterocycles. The molecule has 0 saturated heterocycles. The van der Waals surface area contributed by atoms with Crippen LogP contribution in [0.1, 0.15) is 12.7 Å². The molecular formula is C18H18F2N4O. The van der Waals surface area contributed by atoms with E-state index in [1.165, 1.54) is 17.0 Å². The van der Waals surface area contributed by atoms with Crippen molar-refractivity contribution in [1.29, 1.82) is 0 Å². The third-order valence-electron chi connectivity index (χ3n) is 3.79. The third kappa shape index (κ3) is 3.23. The molecule has 2 N–H and O–H groups in total. The van der Waals surface area contributed by atoms with E-state index in [4.69, 9.17) is 10.5 Å². The number of halogens is 2. The smallest absolute Gasteiger partial charge is 0.150 e. The SMILES string of the molecule is CCOc1ccc(N(C)c2nc(CN)nc3cccc(F)c23)c(F)c1. The molecule has 0 aliphatic carbocycles. The summed E-state index contributed by atoms with van der Waals surface area (Å²) < 4.78 is 34.2. The molecule has 3 rings (SSSR count). The number of fused-ring (bicyclic) bond motifs is 1. The van der Waals surface area contributed by atoms with Gasteiger partial charge in [0.05, 0.1) is 29.7 Å². The van der Waals surface area contributed by atoms with Gasteiger partial charge in [-0.15, -0.1) is 0 Å². The molecule has 0 unspecified atom stereocenters. The average molecular weight is 344 g/mol. The molecule has 5 nitrogen and oxygen atoms in total. The van der Waals surface area contributed by atoms with Crippen molar-refractivity contribution in [2.45, 2.75) is 13.5 Å². The molecular weight excluding hydrogens is 326 g/mol. The molecule has 130 valence electrons. The summed E-state index contributed by atoms with van der Waals surface area (Å²) in [4.78, 5) is 10.0. The van der Waals surface area contributed by atoms with Crippen LogP contribution >= 0.6 is 0 Å². The highest BCUT2D eigenvalue weighted by Crippen LogP contribution is 2.33. The minimum absolute atomic E-state index is 0.0963. The van der Waals surface area contributed by atoms with Crippen LogP contribution in [0.25, 0.3) is 10.9 Å². The van der Waals surface area contributed by atoms with Crippen molar-refractivity contribution >= 4 is 22.4 Å². The third-order valence-corrected chi connectivity index (χ3v) is 3.79. The Balaban J connectivity index is 2.15. The maximum atomic E-state index is 14.5. The zero-order valence-electron chi connectivity index (χ0n) is 14.0. The van der Waals surface area contributed by atoms with Crippen molar-refractivity contribution in [2.24, 2.45) is 5.73 Å². The summed E-state index contributed by atoms with van der Waals surface area (Å²) in [6, 6.07) is 9.06. The Hall–Kier alpha value is -2.80. The molecule has 0 atom stereocenters. The van der Waals surface area contributed by atoms with Crippen LogP contribution in [0.2, 0.25) is 0 Å². The minimum atomic E-state index is -0.495. The first-order chi connectivity index (χ1) is 12.0. The van der Waals surface area contributed by atoms with Gasteiger partial charge in [0.1, 0.15) is 23.2 Å². The van der Waals surface area contributed by atoms with Gasteiger partial charge in [0.25, 0.3) is 0 Å². The summed E-state index contributed by atoms with van der Waals surface area (Å²) in [7, 11) is 1.62. The summed E-state index contributed by atoms with van der Waals surface area (Å²) in [6.45, 7) is 2.36. The second-order valence-electron chi connectivity index (χ2n) is 5.41. The number of rotatable bonds is 5. The Bertz CT molecular complexity index is 917. The predicted molar refractivity (Wildman–Crippen MR) is 93.0 cm³/mol. The number of nitrogens with two attached hydrogens (primary N) is 1. The molecule has 7 heteroatoms. The monoisotopic (exact) mass is 344 g/mol. The van der Waals surface area contributed by atoms with Gasteiger partial charge < -0.3 is 15.4 Å². The maximum absolute atomic E-state index is 14.5. The lowest BCUT2D eigenvalue weighted by atomic mass is 10.2. The molecule has 0 saturated carbocycles. The normalized spacial score (nSPS) is 10.9. The number of hydrogen-bond acceptors (Lipinski definition) is 5. The Labute approximate surface area is 144 Å². The predicted octanol–water partition coefficient (Wildman–Crippen LogP) is 3.53. The van der Waals surface area contributed by atoms with Crippen molar-refractivity contribution in [3.8, 4) is 5.75 Å². The average Bonchev–Trinajstić information content (AvgIpc) is 2.61.